The summed E-state index contributed by atoms with van der Waals surface area (Å²) >= 11 is 0. The predicted molar refractivity (Wildman–Crippen MR) is 116 cm³/mol. The zero-order valence-electron chi connectivity index (χ0n) is 17.9. The molecule has 1 saturated heterocycles. The number of benzene rings is 2. The van der Waals surface area contributed by atoms with Crippen molar-refractivity contribution in [1.29, 1.82) is 0 Å². The van der Waals surface area contributed by atoms with E-state index in [2.05, 4.69) is 5.32 Å². The van der Waals surface area contributed by atoms with E-state index in [1.807, 2.05) is 0 Å². The average Bonchev–Trinajstić information content (AvgIpc) is 3.48. The lowest BCUT2D eigenvalue weighted by molar-refractivity contribution is 0.0474. The molecule has 0 aromatic heterocycles. The van der Waals surface area contributed by atoms with Crippen molar-refractivity contribution in [3.05, 3.63) is 64.2 Å². The Hall–Kier alpha value is -3.85. The van der Waals surface area contributed by atoms with Crippen LogP contribution in [-0.4, -0.2) is 65.1 Å². The molecule has 0 saturated carbocycles. The number of hydrogen-bond acceptors (Lipinski definition) is 6. The maximum Gasteiger partial charge on any atom is 0.261 e. The van der Waals surface area contributed by atoms with Crippen LogP contribution in [0.4, 0.5) is 5.69 Å². The van der Waals surface area contributed by atoms with E-state index in [4.69, 9.17) is 4.74 Å². The number of hydrogen-bond donors (Lipinski definition) is 1. The van der Waals surface area contributed by atoms with Gasteiger partial charge in [0.25, 0.3) is 29.5 Å². The molecule has 1 unspecified atom stereocenters. The van der Waals surface area contributed by atoms with Gasteiger partial charge in [-0.05, 0) is 56.2 Å². The highest BCUT2D eigenvalue weighted by atomic mass is 16.5. The molecular weight excluding hydrogens is 426 g/mol. The molecular formula is C24H21N3O6. The third kappa shape index (κ3) is 3.41. The normalized spacial score (nSPS) is 19.4. The summed E-state index contributed by atoms with van der Waals surface area (Å²) in [5.41, 5.74) is 1.52. The van der Waals surface area contributed by atoms with Gasteiger partial charge in [-0.3, -0.25) is 33.8 Å². The van der Waals surface area contributed by atoms with E-state index in [9.17, 15) is 24.0 Å². The van der Waals surface area contributed by atoms with E-state index >= 15 is 0 Å². The molecule has 9 nitrogen and oxygen atoms in total. The van der Waals surface area contributed by atoms with Crippen molar-refractivity contribution in [1.82, 2.24) is 9.80 Å². The molecule has 0 bridgehead atoms. The van der Waals surface area contributed by atoms with E-state index in [0.29, 0.717) is 12.3 Å². The van der Waals surface area contributed by atoms with E-state index in [0.717, 1.165) is 17.7 Å². The Morgan fingerprint density at radius 2 is 1.55 bits per heavy atom. The molecule has 1 N–H and O–H groups in total. The van der Waals surface area contributed by atoms with Gasteiger partial charge in [0.1, 0.15) is 0 Å². The Kier molecular flexibility index (Phi) is 5.05. The molecule has 0 radical (unpaired) electrons. The monoisotopic (exact) mass is 447 g/mol. The second-order valence-electron chi connectivity index (χ2n) is 8.19. The van der Waals surface area contributed by atoms with Crippen molar-refractivity contribution in [2.45, 2.75) is 25.9 Å². The van der Waals surface area contributed by atoms with Gasteiger partial charge in [0.15, 0.2) is 0 Å². The third-order valence-corrected chi connectivity index (χ3v) is 6.19. The minimum absolute atomic E-state index is 0.149. The number of anilines is 1. The number of rotatable bonds is 5. The van der Waals surface area contributed by atoms with E-state index < -0.39 is 17.7 Å². The number of nitrogens with one attached hydrogen (secondary N) is 1. The van der Waals surface area contributed by atoms with E-state index in [1.54, 1.807) is 13.0 Å². The van der Waals surface area contributed by atoms with Gasteiger partial charge in [0, 0.05) is 24.4 Å². The lowest BCUT2D eigenvalue weighted by Crippen LogP contribution is -2.36. The molecule has 0 aliphatic carbocycles. The average molecular weight is 447 g/mol. The summed E-state index contributed by atoms with van der Waals surface area (Å²) in [6.07, 6.45) is 1.56. The highest BCUT2D eigenvalue weighted by Gasteiger charge is 2.38. The number of ether oxygens (including phenoxy) is 1. The molecule has 1 fully saturated rings. The summed E-state index contributed by atoms with van der Waals surface area (Å²) in [6, 6.07) is 8.89. The van der Waals surface area contributed by atoms with Gasteiger partial charge < -0.3 is 10.1 Å². The van der Waals surface area contributed by atoms with Crippen LogP contribution in [0.15, 0.2) is 36.4 Å². The van der Waals surface area contributed by atoms with Gasteiger partial charge in [0.05, 0.1) is 34.9 Å². The summed E-state index contributed by atoms with van der Waals surface area (Å²) in [5.74, 6) is -2.09. The second-order valence-corrected chi connectivity index (χ2v) is 8.19. The number of amides is 5. The topological polar surface area (TPSA) is 113 Å². The zero-order chi connectivity index (χ0) is 23.3. The number of carbonyl (C=O) groups is 5. The third-order valence-electron chi connectivity index (χ3n) is 6.19. The van der Waals surface area contributed by atoms with Gasteiger partial charge in [0.2, 0.25) is 0 Å². The largest absolute Gasteiger partial charge is 0.376 e. The predicted octanol–water partition coefficient (Wildman–Crippen LogP) is 2.33. The first kappa shape index (κ1) is 21.0. The number of imide groups is 2. The van der Waals surface area contributed by atoms with Crippen LogP contribution in [0, 0.1) is 0 Å². The van der Waals surface area contributed by atoms with Crippen LogP contribution in [0.2, 0.25) is 0 Å². The van der Waals surface area contributed by atoms with Crippen LogP contribution >= 0.6 is 0 Å². The first-order valence-corrected chi connectivity index (χ1v) is 10.8. The summed E-state index contributed by atoms with van der Waals surface area (Å²) in [5, 5.41) is 2.70. The maximum absolute atomic E-state index is 12.8. The van der Waals surface area contributed by atoms with Crippen molar-refractivity contribution < 1.29 is 28.7 Å². The lowest BCUT2D eigenvalue weighted by atomic mass is 10.0. The lowest BCUT2D eigenvalue weighted by Gasteiger charge is -2.17. The number of nitrogens with zero attached hydrogens (tertiary/aromatic N) is 2. The van der Waals surface area contributed by atoms with Crippen LogP contribution in [0.1, 0.15) is 71.6 Å². The molecule has 0 spiro atoms. The summed E-state index contributed by atoms with van der Waals surface area (Å²) in [6.45, 7) is 2.80. The minimum atomic E-state index is -0.499. The number of fused-ring (bicyclic) bond motifs is 2. The highest BCUT2D eigenvalue weighted by Crippen LogP contribution is 2.28. The summed E-state index contributed by atoms with van der Waals surface area (Å²) < 4.78 is 5.54. The van der Waals surface area contributed by atoms with Crippen LogP contribution in [0.3, 0.4) is 0 Å². The van der Waals surface area contributed by atoms with Crippen molar-refractivity contribution in [2.75, 3.05) is 25.0 Å². The van der Waals surface area contributed by atoms with E-state index in [-0.39, 0.29) is 58.8 Å². The van der Waals surface area contributed by atoms with Gasteiger partial charge in [-0.2, -0.15) is 0 Å². The first-order chi connectivity index (χ1) is 15.9. The number of carbonyl (C=O) groups excluding carboxylic acids is 5. The van der Waals surface area contributed by atoms with Crippen molar-refractivity contribution in [3.63, 3.8) is 0 Å². The van der Waals surface area contributed by atoms with Crippen molar-refractivity contribution in [2.24, 2.45) is 0 Å². The molecule has 5 amide bonds. The SMILES string of the molecule is CCN1C(=O)c2ccc(C(=O)Nc3ccc4c(c3)C(=O)N(CC3CCCO3)C4=O)cc2C1=O. The van der Waals surface area contributed by atoms with Crippen molar-refractivity contribution >= 4 is 35.2 Å². The minimum Gasteiger partial charge on any atom is -0.376 e. The summed E-state index contributed by atoms with van der Waals surface area (Å²) in [4.78, 5) is 65.2. The maximum atomic E-state index is 12.8. The Labute approximate surface area is 189 Å². The Bertz CT molecular complexity index is 1230. The van der Waals surface area contributed by atoms with Crippen LogP contribution < -0.4 is 5.32 Å². The molecule has 5 rings (SSSR count). The molecule has 3 aliphatic rings. The first-order valence-electron chi connectivity index (χ1n) is 10.8. The molecule has 168 valence electrons. The van der Waals surface area contributed by atoms with Crippen LogP contribution in [0.25, 0.3) is 0 Å². The Morgan fingerprint density at radius 1 is 0.909 bits per heavy atom. The molecule has 3 aliphatic heterocycles. The quantitative estimate of drug-likeness (QED) is 0.704. The van der Waals surface area contributed by atoms with Crippen LogP contribution in [0.5, 0.6) is 0 Å². The van der Waals surface area contributed by atoms with Crippen molar-refractivity contribution in [3.8, 4) is 0 Å². The molecule has 2 aromatic carbocycles. The Morgan fingerprint density at radius 3 is 2.24 bits per heavy atom. The molecule has 9 heteroatoms. The smallest absolute Gasteiger partial charge is 0.261 e. The molecule has 33 heavy (non-hydrogen) atoms. The molecule has 3 heterocycles. The van der Waals surface area contributed by atoms with Gasteiger partial charge >= 0.3 is 0 Å². The fourth-order valence-corrected chi connectivity index (χ4v) is 4.45. The van der Waals surface area contributed by atoms with Gasteiger partial charge in [-0.1, -0.05) is 0 Å². The molecule has 1 atom stereocenters. The summed E-state index contributed by atoms with van der Waals surface area (Å²) in [7, 11) is 0. The fraction of sp³-hybridized carbons (Fsp3) is 0.292. The Balaban J connectivity index is 1.34. The highest BCUT2D eigenvalue weighted by molar-refractivity contribution is 6.23. The van der Waals surface area contributed by atoms with Crippen LogP contribution in [-0.2, 0) is 4.74 Å². The fourth-order valence-electron chi connectivity index (χ4n) is 4.45. The standard InChI is InChI=1S/C24H21N3O6/c1-2-26-21(29)16-7-5-13(10-18(16)23(26)31)20(28)25-14-6-8-17-19(11-14)24(32)27(22(17)30)12-15-4-3-9-33-15/h5-8,10-11,15H,2-4,9,12H2,1H3,(H,25,28). The van der Waals surface area contributed by atoms with Gasteiger partial charge in [-0.15, -0.1) is 0 Å². The zero-order valence-corrected chi connectivity index (χ0v) is 17.9. The van der Waals surface area contributed by atoms with E-state index in [1.165, 1.54) is 35.2 Å². The van der Waals surface area contributed by atoms with Gasteiger partial charge in [-0.25, -0.2) is 0 Å². The molecule has 2 aromatic rings. The second kappa shape index (κ2) is 7.93.